The number of benzene rings is 3. The van der Waals surface area contributed by atoms with Crippen LogP contribution < -0.4 is 10.5 Å². The zero-order valence-corrected chi connectivity index (χ0v) is 29.5. The van der Waals surface area contributed by atoms with Crippen molar-refractivity contribution in [3.05, 3.63) is 82.4 Å². The van der Waals surface area contributed by atoms with Gasteiger partial charge in [0.15, 0.2) is 9.84 Å². The minimum Gasteiger partial charge on any atom is -0.488 e. The first kappa shape index (κ1) is 34.5. The van der Waals surface area contributed by atoms with E-state index >= 15 is 0 Å². The molecule has 0 fully saturated rings. The van der Waals surface area contributed by atoms with E-state index in [4.69, 9.17) is 10.5 Å². The van der Waals surface area contributed by atoms with Gasteiger partial charge in [-0.2, -0.15) is 4.31 Å². The molecule has 13 heteroatoms. The lowest BCUT2D eigenvalue weighted by Gasteiger charge is -2.40. The summed E-state index contributed by atoms with van der Waals surface area (Å²) in [5, 5.41) is 7.18. The van der Waals surface area contributed by atoms with Gasteiger partial charge in [-0.05, 0) is 73.2 Å². The predicted molar refractivity (Wildman–Crippen MR) is 181 cm³/mol. The number of fused-ring (bicyclic) bond motifs is 2. The molecule has 0 bridgehead atoms. The number of nitrogens with zero attached hydrogens (tertiary/aromatic N) is 4. The largest absolute Gasteiger partial charge is 0.488 e. The molecule has 2 N–H and O–H groups in total. The maximum Gasteiger partial charge on any atom is 0.247 e. The Balaban J connectivity index is 1.69. The van der Waals surface area contributed by atoms with Crippen molar-refractivity contribution >= 4 is 36.8 Å². The summed E-state index contributed by atoms with van der Waals surface area (Å²) in [6.45, 7) is 12.1. The van der Waals surface area contributed by atoms with Gasteiger partial charge in [0.25, 0.3) is 0 Å². The van der Waals surface area contributed by atoms with Crippen LogP contribution >= 0.6 is 0 Å². The number of aromatic nitrogens is 3. The van der Waals surface area contributed by atoms with Gasteiger partial charge in [-0.15, -0.1) is 5.10 Å². The zero-order valence-electron chi connectivity index (χ0n) is 27.9. The fraction of sp³-hybridized carbons (Fsp3) is 0.441. The van der Waals surface area contributed by atoms with Gasteiger partial charge in [-0.25, -0.2) is 21.5 Å². The minimum absolute atomic E-state index is 0.0670. The summed E-state index contributed by atoms with van der Waals surface area (Å²) in [6.07, 6.45) is 1.29. The molecule has 1 aliphatic heterocycles. The number of sulfone groups is 1. The van der Waals surface area contributed by atoms with Gasteiger partial charge in [-0.1, -0.05) is 62.4 Å². The van der Waals surface area contributed by atoms with Gasteiger partial charge in [0.1, 0.15) is 27.5 Å². The number of hydrogen-bond acceptors (Lipinski definition) is 8. The highest BCUT2D eigenvalue weighted by molar-refractivity contribution is 7.92. The predicted octanol–water partition coefficient (Wildman–Crippen LogP) is 4.49. The molecule has 47 heavy (non-hydrogen) atoms. The Hall–Kier alpha value is -3.81. The Bertz CT molecular complexity index is 2060. The summed E-state index contributed by atoms with van der Waals surface area (Å²) >= 11 is 0. The van der Waals surface area contributed by atoms with Crippen molar-refractivity contribution in [3.63, 3.8) is 0 Å². The molecule has 0 aliphatic carbocycles. The number of nitrogens with two attached hydrogens (primary N) is 1. The molecule has 252 valence electrons. The van der Waals surface area contributed by atoms with Crippen LogP contribution in [0.5, 0.6) is 5.75 Å². The molecule has 1 aromatic heterocycles. The van der Waals surface area contributed by atoms with Crippen LogP contribution in [0.25, 0.3) is 11.0 Å². The molecule has 11 nitrogen and oxygen atoms in total. The first-order valence-corrected chi connectivity index (χ1v) is 19.1. The third-order valence-electron chi connectivity index (χ3n) is 9.38. The van der Waals surface area contributed by atoms with Gasteiger partial charge >= 0.3 is 0 Å². The van der Waals surface area contributed by atoms with E-state index in [1.54, 1.807) is 42.8 Å². The van der Waals surface area contributed by atoms with Crippen LogP contribution in [0.1, 0.15) is 67.9 Å². The molecule has 3 aromatic carbocycles. The maximum absolute atomic E-state index is 14.0. The van der Waals surface area contributed by atoms with Crippen molar-refractivity contribution < 1.29 is 26.4 Å². The highest BCUT2D eigenvalue weighted by atomic mass is 32.2. The molecule has 5 rings (SSSR count). The number of rotatable bonds is 10. The number of carbonyl (C=O) groups is 1. The Morgan fingerprint density at radius 1 is 1.11 bits per heavy atom. The van der Waals surface area contributed by atoms with Crippen LogP contribution in [0.3, 0.4) is 0 Å². The molecule has 1 amide bonds. The van der Waals surface area contributed by atoms with E-state index in [9.17, 15) is 21.6 Å². The Morgan fingerprint density at radius 3 is 2.45 bits per heavy atom. The van der Waals surface area contributed by atoms with Crippen LogP contribution in [-0.2, 0) is 37.7 Å². The summed E-state index contributed by atoms with van der Waals surface area (Å²) in [7, 11) is -7.86. The van der Waals surface area contributed by atoms with E-state index in [2.05, 4.69) is 10.3 Å². The highest BCUT2D eigenvalue weighted by Crippen LogP contribution is 2.47. The van der Waals surface area contributed by atoms with Crippen LogP contribution in [-0.4, -0.2) is 66.2 Å². The second-order valence-corrected chi connectivity index (χ2v) is 17.0. The molecule has 1 unspecified atom stereocenters. The van der Waals surface area contributed by atoms with Crippen molar-refractivity contribution in [2.75, 3.05) is 12.8 Å². The van der Waals surface area contributed by atoms with E-state index in [1.807, 2.05) is 58.0 Å². The summed E-state index contributed by atoms with van der Waals surface area (Å²) < 4.78 is 63.6. The first-order chi connectivity index (χ1) is 22.0. The van der Waals surface area contributed by atoms with Gasteiger partial charge in [0.2, 0.25) is 15.9 Å². The molecule has 1 aliphatic rings. The smallest absolute Gasteiger partial charge is 0.247 e. The molecule has 0 saturated heterocycles. The van der Waals surface area contributed by atoms with Gasteiger partial charge in [0, 0.05) is 30.7 Å². The van der Waals surface area contributed by atoms with Gasteiger partial charge in [0.05, 0.1) is 12.1 Å². The van der Waals surface area contributed by atoms with Crippen LogP contribution in [0, 0.1) is 19.3 Å². The number of aryl methyl sites for hydroxylation is 3. The Kier molecular flexibility index (Phi) is 9.30. The molecular weight excluding hydrogens is 639 g/mol. The summed E-state index contributed by atoms with van der Waals surface area (Å²) in [5.41, 5.74) is 9.97. The second-order valence-electron chi connectivity index (χ2n) is 13.0. The number of hydrogen-bond donors (Lipinski definition) is 1. The number of para-hydroxylation sites is 1. The average Bonchev–Trinajstić information content (AvgIpc) is 3.37. The highest BCUT2D eigenvalue weighted by Gasteiger charge is 2.48. The van der Waals surface area contributed by atoms with Crippen molar-refractivity contribution in [3.8, 4) is 5.75 Å². The standard InChI is InChI=1S/C34H43N5O6S2/c1-8-25-20-38(47(43,44)29-13-11-10-12-28(29)45-25)19-24-18-23(15-14-21(24)3)30(34(5,6)32(33(35)40)46(7,41)42)26-16-17-27-31(22(26)4)36-37-39(27)9-2/h10-18,25,30,32H,8-9,19-20H2,1-7H3,(H2,35,40)/t25-,30+,32?/m1/s1. The molecule has 4 aromatic rings. The summed E-state index contributed by atoms with van der Waals surface area (Å²) in [6, 6.07) is 16.2. The van der Waals surface area contributed by atoms with E-state index in [0.29, 0.717) is 29.8 Å². The summed E-state index contributed by atoms with van der Waals surface area (Å²) in [5.74, 6) is -1.26. The lowest BCUT2D eigenvalue weighted by Crippen LogP contribution is -2.49. The number of carbonyl (C=O) groups excluding carboxylic acids is 1. The SMILES string of the molecule is CC[C@@H]1CN(Cc2cc([C@@H](c3ccc4c(nnn4CC)c3C)C(C)(C)C(C(N)=O)S(C)(=O)=O)ccc2C)S(=O)(=O)c2ccccc2O1. The average molecular weight is 682 g/mol. The normalized spacial score (nSPS) is 18.2. The molecule has 3 atom stereocenters. The van der Waals surface area contributed by atoms with Crippen molar-refractivity contribution in [1.29, 1.82) is 0 Å². The molecule has 0 radical (unpaired) electrons. The van der Waals surface area contributed by atoms with E-state index < -0.39 is 42.4 Å². The maximum atomic E-state index is 14.0. The fourth-order valence-electron chi connectivity index (χ4n) is 7.05. The quantitative estimate of drug-likeness (QED) is 0.257. The summed E-state index contributed by atoms with van der Waals surface area (Å²) in [4.78, 5) is 13.0. The number of amides is 1. The third kappa shape index (κ3) is 6.28. The van der Waals surface area contributed by atoms with E-state index in [-0.39, 0.29) is 24.1 Å². The van der Waals surface area contributed by atoms with Crippen LogP contribution in [0.2, 0.25) is 0 Å². The van der Waals surface area contributed by atoms with Crippen LogP contribution in [0.4, 0.5) is 0 Å². The Morgan fingerprint density at radius 2 is 1.81 bits per heavy atom. The number of ether oxygens (including phenoxy) is 1. The topological polar surface area (TPSA) is 155 Å². The number of primary amides is 1. The van der Waals surface area contributed by atoms with E-state index in [1.165, 1.54) is 4.31 Å². The second kappa shape index (κ2) is 12.7. The minimum atomic E-state index is -3.94. The molecule has 0 spiro atoms. The van der Waals surface area contributed by atoms with Crippen molar-refractivity contribution in [2.45, 2.75) is 83.2 Å². The van der Waals surface area contributed by atoms with Crippen LogP contribution in [0.15, 0.2) is 59.5 Å². The molecular formula is C34H43N5O6S2. The first-order valence-electron chi connectivity index (χ1n) is 15.7. The van der Waals surface area contributed by atoms with Gasteiger partial charge in [-0.3, -0.25) is 4.79 Å². The van der Waals surface area contributed by atoms with E-state index in [0.717, 1.165) is 34.0 Å². The zero-order chi connectivity index (χ0) is 34.5. The lowest BCUT2D eigenvalue weighted by molar-refractivity contribution is -0.119. The lowest BCUT2D eigenvalue weighted by atomic mass is 9.67. The Labute approximate surface area is 277 Å². The third-order valence-corrected chi connectivity index (χ3v) is 12.9. The monoisotopic (exact) mass is 681 g/mol. The fourth-order valence-corrected chi connectivity index (χ4v) is 10.3. The van der Waals surface area contributed by atoms with Crippen molar-refractivity contribution in [1.82, 2.24) is 19.3 Å². The number of sulfonamides is 1. The van der Waals surface area contributed by atoms with Gasteiger partial charge < -0.3 is 10.5 Å². The van der Waals surface area contributed by atoms with Crippen molar-refractivity contribution in [2.24, 2.45) is 11.1 Å². The molecule has 0 saturated carbocycles. The molecule has 2 heterocycles.